The van der Waals surface area contributed by atoms with E-state index in [1.54, 1.807) is 6.92 Å². The predicted octanol–water partition coefficient (Wildman–Crippen LogP) is -0.254. The minimum Gasteiger partial charge on any atom is -0.393 e. The zero-order chi connectivity index (χ0) is 7.40. The van der Waals surface area contributed by atoms with Crippen LogP contribution in [0, 0.1) is 0 Å². The fourth-order valence-corrected chi connectivity index (χ4v) is 1.18. The number of hydrogen-bond acceptors (Lipinski definition) is 3. The lowest BCUT2D eigenvalue weighted by Gasteiger charge is -2.24. The van der Waals surface area contributed by atoms with E-state index in [0.29, 0.717) is 6.04 Å². The summed E-state index contributed by atoms with van der Waals surface area (Å²) >= 11 is 0. The van der Waals surface area contributed by atoms with Crippen molar-refractivity contribution in [3.8, 4) is 0 Å². The molecule has 2 N–H and O–H groups in total. The maximum atomic E-state index is 9.01. The number of ether oxygens (including phenoxy) is 1. The Kier molecular flexibility index (Phi) is 3.12. The second-order valence-corrected chi connectivity index (χ2v) is 2.81. The summed E-state index contributed by atoms with van der Waals surface area (Å²) in [5, 5.41) is 12.3. The molecule has 3 heteroatoms. The van der Waals surface area contributed by atoms with Gasteiger partial charge in [-0.2, -0.15) is 0 Å². The van der Waals surface area contributed by atoms with Crippen molar-refractivity contribution in [3.63, 3.8) is 0 Å². The standard InChI is InChI=1S/C7H15NO2/c1-6(9)4-7-5-10-3-2-8-7/h6-9H,2-5H2,1H3/t6-,7+/m0/s1. The summed E-state index contributed by atoms with van der Waals surface area (Å²) in [4.78, 5) is 0. The molecule has 0 saturated carbocycles. The van der Waals surface area contributed by atoms with Crippen molar-refractivity contribution >= 4 is 0 Å². The van der Waals surface area contributed by atoms with Gasteiger partial charge in [-0.1, -0.05) is 0 Å². The van der Waals surface area contributed by atoms with Gasteiger partial charge in [-0.3, -0.25) is 0 Å². The summed E-state index contributed by atoms with van der Waals surface area (Å²) in [5.74, 6) is 0. The fraction of sp³-hybridized carbons (Fsp3) is 1.00. The molecule has 0 spiro atoms. The van der Waals surface area contributed by atoms with E-state index in [-0.39, 0.29) is 6.10 Å². The Morgan fingerprint density at radius 3 is 3.10 bits per heavy atom. The molecule has 0 aromatic heterocycles. The summed E-state index contributed by atoms with van der Waals surface area (Å²) in [6, 6.07) is 0.355. The van der Waals surface area contributed by atoms with Crippen LogP contribution in [-0.4, -0.2) is 37.0 Å². The smallest absolute Gasteiger partial charge is 0.0621 e. The molecule has 1 aliphatic heterocycles. The summed E-state index contributed by atoms with van der Waals surface area (Å²) in [5.41, 5.74) is 0. The lowest BCUT2D eigenvalue weighted by atomic mass is 10.1. The molecule has 0 aromatic rings. The first kappa shape index (κ1) is 7.98. The molecule has 60 valence electrons. The highest BCUT2D eigenvalue weighted by Crippen LogP contribution is 2.01. The van der Waals surface area contributed by atoms with Gasteiger partial charge in [-0.25, -0.2) is 0 Å². The van der Waals surface area contributed by atoms with Gasteiger partial charge in [0.25, 0.3) is 0 Å². The van der Waals surface area contributed by atoms with Crippen LogP contribution in [0.25, 0.3) is 0 Å². The molecular formula is C7H15NO2. The van der Waals surface area contributed by atoms with E-state index in [4.69, 9.17) is 9.84 Å². The second kappa shape index (κ2) is 3.91. The molecule has 1 rings (SSSR count). The van der Waals surface area contributed by atoms with Crippen LogP contribution in [0.4, 0.5) is 0 Å². The molecule has 1 heterocycles. The Bertz CT molecular complexity index is 89.6. The normalized spacial score (nSPS) is 30.0. The first-order valence-corrected chi connectivity index (χ1v) is 3.78. The SMILES string of the molecule is C[C@H](O)C[C@@H]1COCCN1. The molecule has 0 radical (unpaired) electrons. The van der Waals surface area contributed by atoms with Gasteiger partial charge in [0.05, 0.1) is 19.3 Å². The van der Waals surface area contributed by atoms with Gasteiger partial charge in [0.1, 0.15) is 0 Å². The monoisotopic (exact) mass is 145 g/mol. The number of rotatable bonds is 2. The molecule has 1 fully saturated rings. The van der Waals surface area contributed by atoms with E-state index in [0.717, 1.165) is 26.2 Å². The molecule has 0 bridgehead atoms. The van der Waals surface area contributed by atoms with Gasteiger partial charge in [0.2, 0.25) is 0 Å². The minimum atomic E-state index is -0.223. The fourth-order valence-electron chi connectivity index (χ4n) is 1.18. The van der Waals surface area contributed by atoms with Crippen LogP contribution in [0.1, 0.15) is 13.3 Å². The zero-order valence-electron chi connectivity index (χ0n) is 6.34. The van der Waals surface area contributed by atoms with Crippen molar-refractivity contribution in [2.75, 3.05) is 19.8 Å². The van der Waals surface area contributed by atoms with Gasteiger partial charge < -0.3 is 15.2 Å². The van der Waals surface area contributed by atoms with E-state index < -0.39 is 0 Å². The van der Waals surface area contributed by atoms with E-state index >= 15 is 0 Å². The average Bonchev–Trinajstić information content (AvgIpc) is 1.88. The van der Waals surface area contributed by atoms with Crippen LogP contribution < -0.4 is 5.32 Å². The van der Waals surface area contributed by atoms with Crippen molar-refractivity contribution < 1.29 is 9.84 Å². The lowest BCUT2D eigenvalue weighted by molar-refractivity contribution is 0.0557. The number of morpholine rings is 1. The van der Waals surface area contributed by atoms with Crippen LogP contribution in [0.3, 0.4) is 0 Å². The van der Waals surface area contributed by atoms with Gasteiger partial charge >= 0.3 is 0 Å². The highest BCUT2D eigenvalue weighted by molar-refractivity contribution is 4.71. The first-order chi connectivity index (χ1) is 4.79. The first-order valence-electron chi connectivity index (χ1n) is 3.78. The average molecular weight is 145 g/mol. The van der Waals surface area contributed by atoms with Crippen molar-refractivity contribution in [3.05, 3.63) is 0 Å². The topological polar surface area (TPSA) is 41.5 Å². The maximum Gasteiger partial charge on any atom is 0.0621 e. The molecular weight excluding hydrogens is 130 g/mol. The van der Waals surface area contributed by atoms with Gasteiger partial charge in [-0.15, -0.1) is 0 Å². The Morgan fingerprint density at radius 2 is 2.60 bits per heavy atom. The number of aliphatic hydroxyl groups excluding tert-OH is 1. The van der Waals surface area contributed by atoms with Gasteiger partial charge in [-0.05, 0) is 13.3 Å². The van der Waals surface area contributed by atoms with Crippen molar-refractivity contribution in [1.29, 1.82) is 0 Å². The Morgan fingerprint density at radius 1 is 1.80 bits per heavy atom. The highest BCUT2D eigenvalue weighted by Gasteiger charge is 2.14. The maximum absolute atomic E-state index is 9.01. The van der Waals surface area contributed by atoms with E-state index in [1.807, 2.05) is 0 Å². The van der Waals surface area contributed by atoms with Crippen LogP contribution in [0.15, 0.2) is 0 Å². The van der Waals surface area contributed by atoms with E-state index in [9.17, 15) is 0 Å². The molecule has 10 heavy (non-hydrogen) atoms. The number of aliphatic hydroxyl groups is 1. The molecule has 1 aliphatic rings. The molecule has 0 aliphatic carbocycles. The summed E-state index contributed by atoms with van der Waals surface area (Å²) in [7, 11) is 0. The molecule has 0 unspecified atom stereocenters. The molecule has 1 saturated heterocycles. The Balaban J connectivity index is 2.13. The van der Waals surface area contributed by atoms with Crippen LogP contribution in [0.5, 0.6) is 0 Å². The third kappa shape index (κ3) is 2.64. The largest absolute Gasteiger partial charge is 0.393 e. The van der Waals surface area contributed by atoms with Crippen molar-refractivity contribution in [1.82, 2.24) is 5.32 Å². The molecule has 2 atom stereocenters. The summed E-state index contributed by atoms with van der Waals surface area (Å²) in [6.45, 7) is 4.26. The summed E-state index contributed by atoms with van der Waals surface area (Å²) in [6.07, 6.45) is 0.569. The van der Waals surface area contributed by atoms with Crippen molar-refractivity contribution in [2.24, 2.45) is 0 Å². The molecule has 3 nitrogen and oxygen atoms in total. The highest BCUT2D eigenvalue weighted by atomic mass is 16.5. The van der Waals surface area contributed by atoms with Crippen LogP contribution in [-0.2, 0) is 4.74 Å². The molecule has 0 aromatic carbocycles. The van der Waals surface area contributed by atoms with E-state index in [2.05, 4.69) is 5.32 Å². The van der Waals surface area contributed by atoms with Crippen molar-refractivity contribution in [2.45, 2.75) is 25.5 Å². The lowest BCUT2D eigenvalue weighted by Crippen LogP contribution is -2.42. The summed E-state index contributed by atoms with van der Waals surface area (Å²) < 4.78 is 5.21. The zero-order valence-corrected chi connectivity index (χ0v) is 6.34. The van der Waals surface area contributed by atoms with Gasteiger partial charge in [0, 0.05) is 12.6 Å². The minimum absolute atomic E-state index is 0.223. The Hall–Kier alpha value is -0.120. The number of nitrogens with one attached hydrogen (secondary N) is 1. The third-order valence-corrected chi connectivity index (χ3v) is 1.62. The quantitative estimate of drug-likeness (QED) is 0.563. The third-order valence-electron chi connectivity index (χ3n) is 1.62. The van der Waals surface area contributed by atoms with E-state index in [1.165, 1.54) is 0 Å². The van der Waals surface area contributed by atoms with Crippen LogP contribution in [0.2, 0.25) is 0 Å². The molecule has 0 amide bonds. The Labute approximate surface area is 61.4 Å². The number of hydrogen-bond donors (Lipinski definition) is 2. The van der Waals surface area contributed by atoms with Crippen LogP contribution >= 0.6 is 0 Å². The van der Waals surface area contributed by atoms with Gasteiger partial charge in [0.15, 0.2) is 0 Å². The second-order valence-electron chi connectivity index (χ2n) is 2.81. The predicted molar refractivity (Wildman–Crippen MR) is 38.9 cm³/mol.